The summed E-state index contributed by atoms with van der Waals surface area (Å²) in [5.41, 5.74) is 1.65. The Morgan fingerprint density at radius 1 is 0.800 bits per heavy atom. The third kappa shape index (κ3) is 3.95. The first-order valence-corrected chi connectivity index (χ1v) is 11.1. The second-order valence-corrected chi connectivity index (χ2v) is 8.94. The van der Waals surface area contributed by atoms with E-state index < -0.39 is 9.84 Å². The zero-order valence-electron chi connectivity index (χ0n) is 16.5. The molecule has 4 aromatic rings. The van der Waals surface area contributed by atoms with E-state index >= 15 is 0 Å². The van der Waals surface area contributed by atoms with Crippen LogP contribution in [0.1, 0.15) is 0 Å². The quantitative estimate of drug-likeness (QED) is 0.467. The molecule has 0 amide bonds. The van der Waals surface area contributed by atoms with Crippen molar-refractivity contribution in [2.24, 2.45) is 0 Å². The number of benzene rings is 4. The molecule has 0 aliphatic rings. The van der Waals surface area contributed by atoms with Gasteiger partial charge in [0.1, 0.15) is 23.0 Å². The molecule has 4 rings (SSSR count). The fraction of sp³-hybridized carbons (Fsp3) is 0.0833. The van der Waals surface area contributed by atoms with Gasteiger partial charge in [-0.15, -0.1) is 0 Å². The maximum absolute atomic E-state index is 11.8. The van der Waals surface area contributed by atoms with Gasteiger partial charge in [-0.1, -0.05) is 18.2 Å². The number of rotatable bonds is 5. The predicted molar refractivity (Wildman–Crippen MR) is 117 cm³/mol. The standard InChI is InChI=1S/C24H20O5S/c1-28-20-10-14-23-17(15-20)5-13-22(16-3-11-21(12-4-16)30(2,26)27)24(23)29-19-8-6-18(25)7-9-19/h3-15,25H,1-2H3. The van der Waals surface area contributed by atoms with Crippen molar-refractivity contribution >= 4 is 20.6 Å². The van der Waals surface area contributed by atoms with Crippen LogP contribution < -0.4 is 9.47 Å². The lowest BCUT2D eigenvalue weighted by Gasteiger charge is -2.15. The first kappa shape index (κ1) is 19.8. The fourth-order valence-electron chi connectivity index (χ4n) is 3.26. The zero-order valence-corrected chi connectivity index (χ0v) is 17.3. The summed E-state index contributed by atoms with van der Waals surface area (Å²) in [7, 11) is -1.66. The van der Waals surface area contributed by atoms with Gasteiger partial charge in [0.25, 0.3) is 0 Å². The molecule has 0 heterocycles. The largest absolute Gasteiger partial charge is 0.508 e. The van der Waals surface area contributed by atoms with E-state index in [0.717, 1.165) is 27.6 Å². The molecular formula is C24H20O5S. The summed E-state index contributed by atoms with van der Waals surface area (Å²) < 4.78 is 35.2. The molecular weight excluding hydrogens is 400 g/mol. The second kappa shape index (κ2) is 7.72. The van der Waals surface area contributed by atoms with Crippen molar-refractivity contribution in [2.45, 2.75) is 4.90 Å². The Labute approximate surface area is 175 Å². The van der Waals surface area contributed by atoms with Crippen molar-refractivity contribution in [3.05, 3.63) is 78.9 Å². The Hall–Kier alpha value is -3.51. The smallest absolute Gasteiger partial charge is 0.175 e. The van der Waals surface area contributed by atoms with Crippen LogP contribution in [-0.2, 0) is 9.84 Å². The third-order valence-corrected chi connectivity index (χ3v) is 5.96. The maximum Gasteiger partial charge on any atom is 0.175 e. The molecule has 0 spiro atoms. The average Bonchev–Trinajstić information content (AvgIpc) is 2.74. The molecule has 0 radical (unpaired) electrons. The first-order valence-electron chi connectivity index (χ1n) is 9.23. The van der Waals surface area contributed by atoms with Crippen molar-refractivity contribution in [3.8, 4) is 34.1 Å². The van der Waals surface area contributed by atoms with Crippen LogP contribution in [0.2, 0.25) is 0 Å². The molecule has 6 heteroatoms. The fourth-order valence-corrected chi connectivity index (χ4v) is 3.89. The van der Waals surface area contributed by atoms with E-state index in [1.807, 2.05) is 30.3 Å². The van der Waals surface area contributed by atoms with Gasteiger partial charge in [0.05, 0.1) is 12.0 Å². The molecule has 1 N–H and O–H groups in total. The number of ether oxygens (including phenoxy) is 2. The van der Waals surface area contributed by atoms with Crippen LogP contribution in [0.4, 0.5) is 0 Å². The van der Waals surface area contributed by atoms with E-state index in [2.05, 4.69) is 0 Å². The van der Waals surface area contributed by atoms with Crippen LogP contribution in [-0.4, -0.2) is 26.9 Å². The highest BCUT2D eigenvalue weighted by atomic mass is 32.2. The van der Waals surface area contributed by atoms with Crippen molar-refractivity contribution in [2.75, 3.05) is 13.4 Å². The number of phenolic OH excluding ortho intramolecular Hbond substituents is 1. The van der Waals surface area contributed by atoms with Crippen molar-refractivity contribution < 1.29 is 23.0 Å². The van der Waals surface area contributed by atoms with Crippen LogP contribution in [0.25, 0.3) is 21.9 Å². The Balaban J connectivity index is 1.88. The van der Waals surface area contributed by atoms with Gasteiger partial charge in [0.2, 0.25) is 0 Å². The second-order valence-electron chi connectivity index (χ2n) is 6.92. The monoisotopic (exact) mass is 420 g/mol. The lowest BCUT2D eigenvalue weighted by atomic mass is 9.99. The van der Waals surface area contributed by atoms with Crippen molar-refractivity contribution in [1.29, 1.82) is 0 Å². The number of sulfone groups is 1. The average molecular weight is 420 g/mol. The molecule has 30 heavy (non-hydrogen) atoms. The Morgan fingerprint density at radius 2 is 1.47 bits per heavy atom. The highest BCUT2D eigenvalue weighted by Gasteiger charge is 2.14. The third-order valence-electron chi connectivity index (χ3n) is 4.83. The van der Waals surface area contributed by atoms with Gasteiger partial charge in [-0.2, -0.15) is 0 Å². The highest BCUT2D eigenvalue weighted by molar-refractivity contribution is 7.90. The first-order chi connectivity index (χ1) is 14.3. The van der Waals surface area contributed by atoms with E-state index in [9.17, 15) is 13.5 Å². The minimum absolute atomic E-state index is 0.154. The van der Waals surface area contributed by atoms with Crippen LogP contribution in [0.3, 0.4) is 0 Å². The van der Waals surface area contributed by atoms with E-state index in [4.69, 9.17) is 9.47 Å². The van der Waals surface area contributed by atoms with E-state index in [1.54, 1.807) is 55.6 Å². The minimum atomic E-state index is -3.28. The number of fused-ring (bicyclic) bond motifs is 1. The molecule has 0 aliphatic heterocycles. The summed E-state index contributed by atoms with van der Waals surface area (Å²) in [5, 5.41) is 11.4. The number of phenols is 1. The molecule has 152 valence electrons. The number of aromatic hydroxyl groups is 1. The van der Waals surface area contributed by atoms with Crippen molar-refractivity contribution in [3.63, 3.8) is 0 Å². The van der Waals surface area contributed by atoms with Crippen LogP contribution in [0.5, 0.6) is 23.0 Å². The molecule has 0 bridgehead atoms. The molecule has 0 aliphatic carbocycles. The Morgan fingerprint density at radius 3 is 2.10 bits per heavy atom. The Kier molecular flexibility index (Phi) is 5.10. The topological polar surface area (TPSA) is 72.8 Å². The highest BCUT2D eigenvalue weighted by Crippen LogP contribution is 2.41. The predicted octanol–water partition coefficient (Wildman–Crippen LogP) is 5.42. The molecule has 0 saturated heterocycles. The zero-order chi connectivity index (χ0) is 21.3. The van der Waals surface area contributed by atoms with E-state index in [1.165, 1.54) is 6.26 Å². The molecule has 0 fully saturated rings. The molecule has 4 aromatic carbocycles. The van der Waals surface area contributed by atoms with Gasteiger partial charge in [0, 0.05) is 17.2 Å². The molecule has 0 aromatic heterocycles. The summed E-state index contributed by atoms with van der Waals surface area (Å²) in [4.78, 5) is 0.262. The van der Waals surface area contributed by atoms with Gasteiger partial charge < -0.3 is 14.6 Å². The van der Waals surface area contributed by atoms with Crippen LogP contribution in [0, 0.1) is 0 Å². The van der Waals surface area contributed by atoms with Crippen LogP contribution >= 0.6 is 0 Å². The summed E-state index contributed by atoms with van der Waals surface area (Å²) in [6.45, 7) is 0. The summed E-state index contributed by atoms with van der Waals surface area (Å²) in [5.74, 6) is 2.10. The van der Waals surface area contributed by atoms with E-state index in [0.29, 0.717) is 11.5 Å². The number of hydrogen-bond donors (Lipinski definition) is 1. The number of hydrogen-bond acceptors (Lipinski definition) is 5. The molecule has 0 unspecified atom stereocenters. The number of methoxy groups -OCH3 is 1. The summed E-state index contributed by atoms with van der Waals surface area (Å²) >= 11 is 0. The van der Waals surface area contributed by atoms with Gasteiger partial charge in [-0.05, 0) is 71.6 Å². The molecule has 5 nitrogen and oxygen atoms in total. The summed E-state index contributed by atoms with van der Waals surface area (Å²) in [6.07, 6.45) is 1.19. The van der Waals surface area contributed by atoms with E-state index in [-0.39, 0.29) is 10.6 Å². The van der Waals surface area contributed by atoms with Gasteiger partial charge in [-0.3, -0.25) is 0 Å². The van der Waals surface area contributed by atoms with Gasteiger partial charge in [0.15, 0.2) is 9.84 Å². The normalized spacial score (nSPS) is 11.4. The maximum atomic E-state index is 11.8. The van der Waals surface area contributed by atoms with Gasteiger partial charge in [-0.25, -0.2) is 8.42 Å². The SMILES string of the molecule is COc1ccc2c(Oc3ccc(O)cc3)c(-c3ccc(S(C)(=O)=O)cc3)ccc2c1. The molecule has 0 saturated carbocycles. The lowest BCUT2D eigenvalue weighted by molar-refractivity contribution is 0.415. The lowest BCUT2D eigenvalue weighted by Crippen LogP contribution is -1.96. The molecule has 0 atom stereocenters. The minimum Gasteiger partial charge on any atom is -0.508 e. The van der Waals surface area contributed by atoms with Crippen LogP contribution in [0.15, 0.2) is 83.8 Å². The summed E-state index contributed by atoms with van der Waals surface area (Å²) in [6, 6.07) is 22.8. The van der Waals surface area contributed by atoms with Gasteiger partial charge >= 0.3 is 0 Å². The Bertz CT molecular complexity index is 1310. The van der Waals surface area contributed by atoms with Crippen molar-refractivity contribution in [1.82, 2.24) is 0 Å².